The topological polar surface area (TPSA) is 101 Å². The second-order valence-corrected chi connectivity index (χ2v) is 5.04. The highest BCUT2D eigenvalue weighted by molar-refractivity contribution is 7.89. The van der Waals surface area contributed by atoms with Gasteiger partial charge in [0.1, 0.15) is 0 Å². The Balaban J connectivity index is 2.06. The summed E-state index contributed by atoms with van der Waals surface area (Å²) in [6, 6.07) is -0.0931. The summed E-state index contributed by atoms with van der Waals surface area (Å²) < 4.78 is 21.1. The van der Waals surface area contributed by atoms with Gasteiger partial charge in [0.15, 0.2) is 0 Å². The predicted molar refractivity (Wildman–Crippen MR) is 52.0 cm³/mol. The van der Waals surface area contributed by atoms with Crippen LogP contribution in [0.4, 0.5) is 0 Å². The SMILES string of the molecule is NS(=O)(=O)CCCNC(=O)C1CCN1. The molecule has 1 amide bonds. The number of sulfonamides is 1. The molecular weight excluding hydrogens is 206 g/mol. The average Bonchev–Trinajstić information content (AvgIpc) is 1.92. The van der Waals surface area contributed by atoms with E-state index in [0.717, 1.165) is 13.0 Å². The van der Waals surface area contributed by atoms with Crippen molar-refractivity contribution in [2.24, 2.45) is 5.14 Å². The van der Waals surface area contributed by atoms with E-state index in [2.05, 4.69) is 10.6 Å². The minimum atomic E-state index is -3.40. The van der Waals surface area contributed by atoms with Crippen LogP contribution in [0.15, 0.2) is 0 Å². The van der Waals surface area contributed by atoms with Crippen molar-refractivity contribution >= 4 is 15.9 Å². The normalized spacial score (nSPS) is 21.4. The number of carbonyl (C=O) groups excluding carboxylic acids is 1. The molecule has 1 fully saturated rings. The van der Waals surface area contributed by atoms with Crippen LogP contribution in [0.3, 0.4) is 0 Å². The zero-order valence-corrected chi connectivity index (χ0v) is 8.64. The van der Waals surface area contributed by atoms with E-state index in [-0.39, 0.29) is 17.7 Å². The van der Waals surface area contributed by atoms with E-state index in [9.17, 15) is 13.2 Å². The first kappa shape index (κ1) is 11.4. The van der Waals surface area contributed by atoms with E-state index in [4.69, 9.17) is 5.14 Å². The van der Waals surface area contributed by atoms with Crippen LogP contribution in [0.2, 0.25) is 0 Å². The van der Waals surface area contributed by atoms with E-state index < -0.39 is 10.0 Å². The van der Waals surface area contributed by atoms with Gasteiger partial charge in [0.05, 0.1) is 11.8 Å². The summed E-state index contributed by atoms with van der Waals surface area (Å²) in [6.07, 6.45) is 1.21. The van der Waals surface area contributed by atoms with E-state index in [1.165, 1.54) is 0 Å². The Kier molecular flexibility index (Phi) is 3.85. The van der Waals surface area contributed by atoms with Gasteiger partial charge in [-0.15, -0.1) is 0 Å². The molecule has 1 saturated heterocycles. The lowest BCUT2D eigenvalue weighted by Crippen LogP contribution is -2.53. The first-order chi connectivity index (χ1) is 6.49. The summed E-state index contributed by atoms with van der Waals surface area (Å²) >= 11 is 0. The van der Waals surface area contributed by atoms with Crippen molar-refractivity contribution in [2.45, 2.75) is 18.9 Å². The zero-order chi connectivity index (χ0) is 10.6. The van der Waals surface area contributed by atoms with E-state index in [1.807, 2.05) is 0 Å². The Morgan fingerprint density at radius 2 is 2.21 bits per heavy atom. The maximum atomic E-state index is 11.2. The van der Waals surface area contributed by atoms with Gasteiger partial charge in [-0.05, 0) is 19.4 Å². The molecule has 7 heteroatoms. The van der Waals surface area contributed by atoms with Gasteiger partial charge in [0.25, 0.3) is 0 Å². The number of hydrogen-bond donors (Lipinski definition) is 3. The van der Waals surface area contributed by atoms with Gasteiger partial charge in [-0.1, -0.05) is 0 Å². The largest absolute Gasteiger partial charge is 0.355 e. The number of rotatable bonds is 5. The number of nitrogens with one attached hydrogen (secondary N) is 2. The van der Waals surface area contributed by atoms with Crippen LogP contribution >= 0.6 is 0 Å². The molecule has 0 aromatic rings. The summed E-state index contributed by atoms with van der Waals surface area (Å²) in [6.45, 7) is 1.22. The third kappa shape index (κ3) is 4.03. The summed E-state index contributed by atoms with van der Waals surface area (Å²) in [5.74, 6) is -0.156. The molecule has 1 aliphatic rings. The molecule has 0 aromatic heterocycles. The fourth-order valence-electron chi connectivity index (χ4n) is 1.12. The summed E-state index contributed by atoms with van der Waals surface area (Å²) in [4.78, 5) is 11.2. The maximum Gasteiger partial charge on any atom is 0.237 e. The summed E-state index contributed by atoms with van der Waals surface area (Å²) in [5.41, 5.74) is 0. The van der Waals surface area contributed by atoms with Gasteiger partial charge < -0.3 is 10.6 Å². The van der Waals surface area contributed by atoms with Crippen molar-refractivity contribution in [2.75, 3.05) is 18.8 Å². The molecule has 4 N–H and O–H groups in total. The van der Waals surface area contributed by atoms with Gasteiger partial charge in [0.2, 0.25) is 15.9 Å². The number of hydrogen-bond acceptors (Lipinski definition) is 4. The van der Waals surface area contributed by atoms with Gasteiger partial charge in [-0.2, -0.15) is 0 Å². The smallest absolute Gasteiger partial charge is 0.237 e. The van der Waals surface area contributed by atoms with Crippen LogP contribution in [-0.2, 0) is 14.8 Å². The third-order valence-corrected chi connectivity index (χ3v) is 2.90. The van der Waals surface area contributed by atoms with Crippen molar-refractivity contribution in [3.63, 3.8) is 0 Å². The molecule has 0 radical (unpaired) electrons. The standard InChI is InChI=1S/C7H15N3O3S/c8-14(12,13)5-1-3-10-7(11)6-2-4-9-6/h6,9H,1-5H2,(H,10,11)(H2,8,12,13). The van der Waals surface area contributed by atoms with Crippen LogP contribution in [0.5, 0.6) is 0 Å². The highest BCUT2D eigenvalue weighted by atomic mass is 32.2. The Bertz CT molecular complexity index is 297. The van der Waals surface area contributed by atoms with Crippen LogP contribution in [0.25, 0.3) is 0 Å². The van der Waals surface area contributed by atoms with Crippen LogP contribution in [0, 0.1) is 0 Å². The Morgan fingerprint density at radius 1 is 1.57 bits per heavy atom. The molecule has 6 nitrogen and oxygen atoms in total. The molecule has 1 atom stereocenters. The first-order valence-corrected chi connectivity index (χ1v) is 6.22. The molecule has 0 bridgehead atoms. The van der Waals surface area contributed by atoms with Crippen LogP contribution < -0.4 is 15.8 Å². The minimum Gasteiger partial charge on any atom is -0.355 e. The highest BCUT2D eigenvalue weighted by Crippen LogP contribution is 2.00. The summed E-state index contributed by atoms with van der Waals surface area (Å²) in [5, 5.41) is 10.4. The quantitative estimate of drug-likeness (QED) is 0.474. The molecule has 0 saturated carbocycles. The van der Waals surface area contributed by atoms with Crippen molar-refractivity contribution < 1.29 is 13.2 Å². The third-order valence-electron chi connectivity index (χ3n) is 2.05. The predicted octanol–water partition coefficient (Wildman–Crippen LogP) is -1.86. The molecule has 0 aliphatic carbocycles. The van der Waals surface area contributed by atoms with Gasteiger partial charge in [-0.3, -0.25) is 4.79 Å². The minimum absolute atomic E-state index is 0.0642. The second-order valence-electron chi connectivity index (χ2n) is 3.31. The molecule has 1 rings (SSSR count). The Morgan fingerprint density at radius 3 is 2.64 bits per heavy atom. The van der Waals surface area contributed by atoms with E-state index in [1.54, 1.807) is 0 Å². The highest BCUT2D eigenvalue weighted by Gasteiger charge is 2.23. The molecule has 82 valence electrons. The van der Waals surface area contributed by atoms with Crippen LogP contribution in [0.1, 0.15) is 12.8 Å². The Labute approximate surface area is 83.3 Å². The zero-order valence-electron chi connectivity index (χ0n) is 7.82. The number of primary sulfonamides is 1. The lowest BCUT2D eigenvalue weighted by Gasteiger charge is -2.26. The Hall–Kier alpha value is -0.660. The first-order valence-electron chi connectivity index (χ1n) is 4.50. The molecule has 1 heterocycles. The molecular formula is C7H15N3O3S. The lowest BCUT2D eigenvalue weighted by atomic mass is 10.1. The van der Waals surface area contributed by atoms with Gasteiger partial charge in [0, 0.05) is 6.54 Å². The number of amides is 1. The molecule has 0 spiro atoms. The number of carbonyl (C=O) groups is 1. The maximum absolute atomic E-state index is 11.2. The fraction of sp³-hybridized carbons (Fsp3) is 0.857. The molecule has 1 unspecified atom stereocenters. The average molecular weight is 221 g/mol. The molecule has 1 aliphatic heterocycles. The van der Waals surface area contributed by atoms with Gasteiger partial charge >= 0.3 is 0 Å². The second kappa shape index (κ2) is 4.72. The molecule has 14 heavy (non-hydrogen) atoms. The van der Waals surface area contributed by atoms with E-state index >= 15 is 0 Å². The van der Waals surface area contributed by atoms with Gasteiger partial charge in [-0.25, -0.2) is 13.6 Å². The van der Waals surface area contributed by atoms with Crippen molar-refractivity contribution in [1.29, 1.82) is 0 Å². The number of nitrogens with two attached hydrogens (primary N) is 1. The lowest BCUT2D eigenvalue weighted by molar-refractivity contribution is -0.124. The summed E-state index contributed by atoms with van der Waals surface area (Å²) in [7, 11) is -3.40. The van der Waals surface area contributed by atoms with Crippen LogP contribution in [-0.4, -0.2) is 39.2 Å². The monoisotopic (exact) mass is 221 g/mol. The van der Waals surface area contributed by atoms with Crippen molar-refractivity contribution in [1.82, 2.24) is 10.6 Å². The van der Waals surface area contributed by atoms with Crippen molar-refractivity contribution in [3.05, 3.63) is 0 Å². The molecule has 0 aromatic carbocycles. The van der Waals surface area contributed by atoms with Crippen molar-refractivity contribution in [3.8, 4) is 0 Å². The fourth-order valence-corrected chi connectivity index (χ4v) is 1.67. The van der Waals surface area contributed by atoms with E-state index in [0.29, 0.717) is 13.0 Å².